The van der Waals surface area contributed by atoms with Gasteiger partial charge in [0.2, 0.25) is 0 Å². The second-order valence-electron chi connectivity index (χ2n) is 6.73. The maximum absolute atomic E-state index is 3.80. The van der Waals surface area contributed by atoms with Gasteiger partial charge in [-0.1, -0.05) is 38.1 Å². The Balaban J connectivity index is 2.04. The van der Waals surface area contributed by atoms with Gasteiger partial charge in [-0.25, -0.2) is 0 Å². The minimum absolute atomic E-state index is 0.354. The van der Waals surface area contributed by atoms with Crippen molar-refractivity contribution in [2.24, 2.45) is 5.41 Å². The summed E-state index contributed by atoms with van der Waals surface area (Å²) >= 11 is 0. The van der Waals surface area contributed by atoms with Gasteiger partial charge in [0.25, 0.3) is 0 Å². The van der Waals surface area contributed by atoms with Gasteiger partial charge in [0.05, 0.1) is 0 Å². The summed E-state index contributed by atoms with van der Waals surface area (Å²) < 4.78 is 0. The zero-order valence-electron chi connectivity index (χ0n) is 12.9. The van der Waals surface area contributed by atoms with Crippen LogP contribution in [0.5, 0.6) is 0 Å². The first-order valence-corrected chi connectivity index (χ1v) is 7.46. The fourth-order valence-corrected chi connectivity index (χ4v) is 3.09. The van der Waals surface area contributed by atoms with Crippen LogP contribution in [0.15, 0.2) is 24.3 Å². The van der Waals surface area contributed by atoms with Crippen LogP contribution >= 0.6 is 0 Å². The molecule has 0 bridgehead atoms. The number of rotatable bonds is 5. The van der Waals surface area contributed by atoms with E-state index in [9.17, 15) is 0 Å². The Morgan fingerprint density at radius 1 is 1.26 bits per heavy atom. The molecule has 0 aromatic heterocycles. The predicted molar refractivity (Wildman–Crippen MR) is 82.5 cm³/mol. The highest BCUT2D eigenvalue weighted by atomic mass is 15.1. The predicted octanol–water partition coefficient (Wildman–Crippen LogP) is 3.24. The summed E-state index contributed by atoms with van der Waals surface area (Å²) in [5.41, 5.74) is 3.41. The molecule has 1 N–H and O–H groups in total. The van der Waals surface area contributed by atoms with Crippen LogP contribution in [0.2, 0.25) is 0 Å². The number of fused-ring (bicyclic) bond motifs is 1. The summed E-state index contributed by atoms with van der Waals surface area (Å²) in [4.78, 5) is 2.25. The fraction of sp³-hybridized carbons (Fsp3) is 0.647. The van der Waals surface area contributed by atoms with E-state index < -0.39 is 0 Å². The van der Waals surface area contributed by atoms with Crippen molar-refractivity contribution in [2.45, 2.75) is 39.2 Å². The molecule has 1 atom stereocenters. The van der Waals surface area contributed by atoms with Crippen LogP contribution in [0.4, 0.5) is 0 Å². The second-order valence-corrected chi connectivity index (χ2v) is 6.73. The zero-order valence-corrected chi connectivity index (χ0v) is 12.9. The SMILES string of the molecule is CN(C)CCCNC1c2ccccc2CCC1(C)C. The number of benzene rings is 1. The highest BCUT2D eigenvalue weighted by Gasteiger charge is 2.34. The molecule has 1 unspecified atom stereocenters. The van der Waals surface area contributed by atoms with Crippen LogP contribution in [-0.2, 0) is 6.42 Å². The molecule has 0 spiro atoms. The van der Waals surface area contributed by atoms with Crippen LogP contribution in [0, 0.1) is 5.41 Å². The van der Waals surface area contributed by atoms with Crippen molar-refractivity contribution < 1.29 is 0 Å². The molecule has 0 amide bonds. The van der Waals surface area contributed by atoms with E-state index in [0.29, 0.717) is 11.5 Å². The van der Waals surface area contributed by atoms with E-state index >= 15 is 0 Å². The molecule has 0 fully saturated rings. The highest BCUT2D eigenvalue weighted by molar-refractivity contribution is 5.34. The molecule has 0 saturated carbocycles. The molecule has 0 radical (unpaired) electrons. The average molecular weight is 260 g/mol. The third-order valence-corrected chi connectivity index (χ3v) is 4.32. The van der Waals surface area contributed by atoms with Crippen molar-refractivity contribution in [3.63, 3.8) is 0 Å². The number of nitrogens with one attached hydrogen (secondary N) is 1. The Morgan fingerprint density at radius 2 is 2.00 bits per heavy atom. The van der Waals surface area contributed by atoms with E-state index in [4.69, 9.17) is 0 Å². The van der Waals surface area contributed by atoms with Crippen molar-refractivity contribution in [1.29, 1.82) is 0 Å². The lowest BCUT2D eigenvalue weighted by molar-refractivity contribution is 0.207. The molecule has 2 nitrogen and oxygen atoms in total. The first-order chi connectivity index (χ1) is 9.00. The number of nitrogens with zero attached hydrogens (tertiary/aromatic N) is 1. The summed E-state index contributed by atoms with van der Waals surface area (Å²) in [7, 11) is 4.28. The highest BCUT2D eigenvalue weighted by Crippen LogP contribution is 2.43. The molecule has 1 aliphatic carbocycles. The quantitative estimate of drug-likeness (QED) is 0.818. The Bertz CT molecular complexity index is 409. The van der Waals surface area contributed by atoms with Gasteiger partial charge in [-0.3, -0.25) is 0 Å². The third-order valence-electron chi connectivity index (χ3n) is 4.32. The molecule has 1 aromatic rings. The van der Waals surface area contributed by atoms with E-state index in [1.54, 1.807) is 0 Å². The van der Waals surface area contributed by atoms with E-state index in [0.717, 1.165) is 13.1 Å². The van der Waals surface area contributed by atoms with E-state index in [2.05, 4.69) is 62.4 Å². The second kappa shape index (κ2) is 6.06. The zero-order chi connectivity index (χ0) is 13.9. The smallest absolute Gasteiger partial charge is 0.0374 e. The van der Waals surface area contributed by atoms with Crippen LogP contribution < -0.4 is 5.32 Å². The third kappa shape index (κ3) is 3.58. The van der Waals surface area contributed by atoms with Gasteiger partial charge in [-0.2, -0.15) is 0 Å². The van der Waals surface area contributed by atoms with E-state index in [1.165, 1.54) is 30.4 Å². The summed E-state index contributed by atoms with van der Waals surface area (Å²) in [6.45, 7) is 7.04. The van der Waals surface area contributed by atoms with Gasteiger partial charge in [0, 0.05) is 6.04 Å². The van der Waals surface area contributed by atoms with E-state index in [1.807, 2.05) is 0 Å². The standard InChI is InChI=1S/C17H28N2/c1-17(2)11-10-14-8-5-6-9-15(14)16(17)18-12-7-13-19(3)4/h5-6,8-9,16,18H,7,10-13H2,1-4H3. The van der Waals surface area contributed by atoms with Gasteiger partial charge in [-0.15, -0.1) is 0 Å². The topological polar surface area (TPSA) is 15.3 Å². The van der Waals surface area contributed by atoms with Gasteiger partial charge < -0.3 is 10.2 Å². The monoisotopic (exact) mass is 260 g/mol. The molecule has 19 heavy (non-hydrogen) atoms. The molecule has 1 aromatic carbocycles. The molecule has 2 heteroatoms. The molecule has 2 rings (SSSR count). The Morgan fingerprint density at radius 3 is 2.74 bits per heavy atom. The summed E-state index contributed by atoms with van der Waals surface area (Å²) in [6, 6.07) is 9.44. The molecule has 1 aliphatic rings. The van der Waals surface area contributed by atoms with Gasteiger partial charge >= 0.3 is 0 Å². The van der Waals surface area contributed by atoms with Gasteiger partial charge in [-0.05, 0) is 63.0 Å². The largest absolute Gasteiger partial charge is 0.309 e. The first-order valence-electron chi connectivity index (χ1n) is 7.46. The summed E-state index contributed by atoms with van der Waals surface area (Å²) in [6.07, 6.45) is 3.70. The Hall–Kier alpha value is -0.860. The van der Waals surface area contributed by atoms with Gasteiger partial charge in [0.1, 0.15) is 0 Å². The van der Waals surface area contributed by atoms with Crippen molar-refractivity contribution in [1.82, 2.24) is 10.2 Å². The number of aryl methyl sites for hydroxylation is 1. The van der Waals surface area contributed by atoms with Crippen LogP contribution in [0.3, 0.4) is 0 Å². The Labute approximate surface area is 118 Å². The number of hydrogen-bond acceptors (Lipinski definition) is 2. The first kappa shape index (κ1) is 14.5. The lowest BCUT2D eigenvalue weighted by Gasteiger charge is -2.41. The summed E-state index contributed by atoms with van der Waals surface area (Å²) in [5, 5.41) is 3.80. The minimum atomic E-state index is 0.354. The summed E-state index contributed by atoms with van der Waals surface area (Å²) in [5.74, 6) is 0. The van der Waals surface area contributed by atoms with Crippen molar-refractivity contribution in [2.75, 3.05) is 27.2 Å². The van der Waals surface area contributed by atoms with Crippen molar-refractivity contribution >= 4 is 0 Å². The molecule has 0 saturated heterocycles. The maximum Gasteiger partial charge on any atom is 0.0374 e. The van der Waals surface area contributed by atoms with Crippen LogP contribution in [0.25, 0.3) is 0 Å². The number of hydrogen-bond donors (Lipinski definition) is 1. The molecular formula is C17H28N2. The minimum Gasteiger partial charge on any atom is -0.309 e. The molecular weight excluding hydrogens is 232 g/mol. The maximum atomic E-state index is 3.80. The molecule has 0 aliphatic heterocycles. The lowest BCUT2D eigenvalue weighted by Crippen LogP contribution is -2.39. The Kier molecular flexibility index (Phi) is 4.64. The van der Waals surface area contributed by atoms with Crippen LogP contribution in [-0.4, -0.2) is 32.1 Å². The average Bonchev–Trinajstić information content (AvgIpc) is 2.36. The van der Waals surface area contributed by atoms with Crippen molar-refractivity contribution in [3.8, 4) is 0 Å². The van der Waals surface area contributed by atoms with Crippen molar-refractivity contribution in [3.05, 3.63) is 35.4 Å². The van der Waals surface area contributed by atoms with E-state index in [-0.39, 0.29) is 0 Å². The van der Waals surface area contributed by atoms with Gasteiger partial charge in [0.15, 0.2) is 0 Å². The molecule has 106 valence electrons. The lowest BCUT2D eigenvalue weighted by atomic mass is 9.70. The van der Waals surface area contributed by atoms with Crippen LogP contribution in [0.1, 0.15) is 43.9 Å². The fourth-order valence-electron chi connectivity index (χ4n) is 3.09. The molecule has 0 heterocycles. The normalized spacial score (nSPS) is 21.4.